The van der Waals surface area contributed by atoms with E-state index in [9.17, 15) is 5.11 Å². The van der Waals surface area contributed by atoms with Crippen LogP contribution in [-0.4, -0.2) is 19.9 Å². The van der Waals surface area contributed by atoms with Crippen molar-refractivity contribution < 1.29 is 5.11 Å². The SMILES string of the molecule is Cn1nc(CC(O)c2ncc(Br)cc2Br)c2ccccc21. The van der Waals surface area contributed by atoms with Crippen LogP contribution in [0.5, 0.6) is 0 Å². The normalized spacial score (nSPS) is 12.8. The largest absolute Gasteiger partial charge is 0.386 e. The lowest BCUT2D eigenvalue weighted by Gasteiger charge is -2.11. The number of rotatable bonds is 3. The topological polar surface area (TPSA) is 50.9 Å². The highest BCUT2D eigenvalue weighted by Crippen LogP contribution is 2.28. The Labute approximate surface area is 139 Å². The van der Waals surface area contributed by atoms with Crippen LogP contribution in [0.15, 0.2) is 45.5 Å². The lowest BCUT2D eigenvalue weighted by atomic mass is 10.1. The van der Waals surface area contributed by atoms with Crippen LogP contribution in [0.2, 0.25) is 0 Å². The average molecular weight is 411 g/mol. The van der Waals surface area contributed by atoms with E-state index in [1.54, 1.807) is 6.20 Å². The van der Waals surface area contributed by atoms with Crippen LogP contribution in [-0.2, 0) is 13.5 Å². The van der Waals surface area contributed by atoms with E-state index in [0.29, 0.717) is 12.1 Å². The Bertz CT molecular complexity index is 801. The number of aryl methyl sites for hydroxylation is 1. The maximum Gasteiger partial charge on any atom is 0.103 e. The third kappa shape index (κ3) is 2.88. The van der Waals surface area contributed by atoms with Gasteiger partial charge in [-0.2, -0.15) is 5.10 Å². The van der Waals surface area contributed by atoms with Crippen LogP contribution in [0.25, 0.3) is 10.9 Å². The van der Waals surface area contributed by atoms with Gasteiger partial charge in [0.2, 0.25) is 0 Å². The Hall–Kier alpha value is -1.24. The lowest BCUT2D eigenvalue weighted by Crippen LogP contribution is -2.06. The van der Waals surface area contributed by atoms with Crippen molar-refractivity contribution in [2.75, 3.05) is 0 Å². The van der Waals surface area contributed by atoms with Crippen LogP contribution in [0, 0.1) is 0 Å². The summed E-state index contributed by atoms with van der Waals surface area (Å²) in [5.41, 5.74) is 2.55. The zero-order valence-electron chi connectivity index (χ0n) is 11.3. The van der Waals surface area contributed by atoms with Crippen molar-refractivity contribution in [3.05, 3.63) is 56.9 Å². The number of aromatic nitrogens is 3. The predicted octanol–water partition coefficient (Wildman–Crippen LogP) is 3.77. The molecule has 0 fully saturated rings. The Morgan fingerprint density at radius 2 is 2.05 bits per heavy atom. The van der Waals surface area contributed by atoms with E-state index in [2.05, 4.69) is 41.9 Å². The Morgan fingerprint density at radius 3 is 2.81 bits per heavy atom. The molecule has 0 amide bonds. The second-order valence-corrected chi connectivity index (χ2v) is 6.60. The molecule has 2 heterocycles. The molecule has 3 aromatic rings. The molecule has 0 aliphatic carbocycles. The number of halogens is 2. The van der Waals surface area contributed by atoms with Gasteiger partial charge in [0.15, 0.2) is 0 Å². The van der Waals surface area contributed by atoms with Crippen molar-refractivity contribution in [1.29, 1.82) is 0 Å². The Morgan fingerprint density at radius 1 is 1.29 bits per heavy atom. The van der Waals surface area contributed by atoms with Crippen LogP contribution in [0.1, 0.15) is 17.5 Å². The second-order valence-electron chi connectivity index (χ2n) is 4.83. The number of benzene rings is 1. The average Bonchev–Trinajstić information content (AvgIpc) is 2.76. The number of aliphatic hydroxyl groups is 1. The fourth-order valence-electron chi connectivity index (χ4n) is 2.39. The maximum atomic E-state index is 10.5. The van der Waals surface area contributed by atoms with Gasteiger partial charge in [0.25, 0.3) is 0 Å². The van der Waals surface area contributed by atoms with Gasteiger partial charge in [-0.05, 0) is 44.0 Å². The summed E-state index contributed by atoms with van der Waals surface area (Å²) in [5.74, 6) is 0. The highest BCUT2D eigenvalue weighted by Gasteiger charge is 2.18. The molecule has 0 spiro atoms. The van der Waals surface area contributed by atoms with Crippen LogP contribution < -0.4 is 0 Å². The fraction of sp³-hybridized carbons (Fsp3) is 0.200. The van der Waals surface area contributed by atoms with Gasteiger partial charge in [0.05, 0.1) is 16.9 Å². The van der Waals surface area contributed by atoms with Crippen molar-refractivity contribution in [1.82, 2.24) is 14.8 Å². The molecule has 0 saturated carbocycles. The Kier molecular flexibility index (Phi) is 4.10. The van der Waals surface area contributed by atoms with E-state index in [-0.39, 0.29) is 0 Å². The summed E-state index contributed by atoms with van der Waals surface area (Å²) in [5, 5.41) is 16.0. The maximum absolute atomic E-state index is 10.5. The second kappa shape index (κ2) is 5.87. The summed E-state index contributed by atoms with van der Waals surface area (Å²) >= 11 is 6.80. The quantitative estimate of drug-likeness (QED) is 0.714. The summed E-state index contributed by atoms with van der Waals surface area (Å²) in [6.07, 6.45) is 1.40. The highest BCUT2D eigenvalue weighted by molar-refractivity contribution is 9.11. The van der Waals surface area contributed by atoms with Crippen LogP contribution in [0.4, 0.5) is 0 Å². The molecule has 4 nitrogen and oxygen atoms in total. The first-order chi connectivity index (χ1) is 10.1. The number of hydrogen-bond acceptors (Lipinski definition) is 3. The third-order valence-electron chi connectivity index (χ3n) is 3.37. The first-order valence-corrected chi connectivity index (χ1v) is 8.04. The molecular weight excluding hydrogens is 398 g/mol. The molecule has 1 unspecified atom stereocenters. The first kappa shape index (κ1) is 14.7. The van der Waals surface area contributed by atoms with Gasteiger partial charge in [0.1, 0.15) is 6.10 Å². The summed E-state index contributed by atoms with van der Waals surface area (Å²) in [7, 11) is 1.91. The van der Waals surface area contributed by atoms with Crippen LogP contribution >= 0.6 is 31.9 Å². The fourth-order valence-corrected chi connectivity index (χ4v) is 3.64. The van der Waals surface area contributed by atoms with Gasteiger partial charge >= 0.3 is 0 Å². The van der Waals surface area contributed by atoms with E-state index in [1.807, 2.05) is 42.1 Å². The van der Waals surface area contributed by atoms with E-state index in [4.69, 9.17) is 0 Å². The number of fused-ring (bicyclic) bond motifs is 1. The Balaban J connectivity index is 1.94. The summed E-state index contributed by atoms with van der Waals surface area (Å²) in [4.78, 5) is 4.28. The molecule has 1 atom stereocenters. The molecule has 0 aliphatic rings. The van der Waals surface area contributed by atoms with Gasteiger partial charge in [0, 0.05) is 34.0 Å². The number of pyridine rings is 1. The lowest BCUT2D eigenvalue weighted by molar-refractivity contribution is 0.171. The zero-order valence-corrected chi connectivity index (χ0v) is 14.5. The van der Waals surface area contributed by atoms with Gasteiger partial charge in [-0.15, -0.1) is 0 Å². The number of hydrogen-bond donors (Lipinski definition) is 1. The van der Waals surface area contributed by atoms with Gasteiger partial charge in [-0.3, -0.25) is 9.67 Å². The minimum absolute atomic E-state index is 0.425. The molecular formula is C15H13Br2N3O. The molecule has 6 heteroatoms. The van der Waals surface area contributed by atoms with E-state index < -0.39 is 6.10 Å². The van der Waals surface area contributed by atoms with E-state index in [0.717, 1.165) is 25.5 Å². The molecule has 108 valence electrons. The number of para-hydroxylation sites is 1. The van der Waals surface area contributed by atoms with Crippen molar-refractivity contribution in [3.63, 3.8) is 0 Å². The smallest absolute Gasteiger partial charge is 0.103 e. The minimum Gasteiger partial charge on any atom is -0.386 e. The van der Waals surface area contributed by atoms with E-state index in [1.165, 1.54) is 0 Å². The zero-order chi connectivity index (χ0) is 15.0. The van der Waals surface area contributed by atoms with Gasteiger partial charge < -0.3 is 5.11 Å². The molecule has 21 heavy (non-hydrogen) atoms. The van der Waals surface area contributed by atoms with E-state index >= 15 is 0 Å². The molecule has 1 N–H and O–H groups in total. The molecule has 1 aromatic carbocycles. The van der Waals surface area contributed by atoms with Crippen molar-refractivity contribution in [3.8, 4) is 0 Å². The summed E-state index contributed by atoms with van der Waals surface area (Å²) < 4.78 is 3.49. The molecule has 0 aliphatic heterocycles. The highest BCUT2D eigenvalue weighted by atomic mass is 79.9. The number of aliphatic hydroxyl groups excluding tert-OH is 1. The summed E-state index contributed by atoms with van der Waals surface area (Å²) in [6, 6.07) is 9.88. The third-order valence-corrected chi connectivity index (χ3v) is 4.44. The molecule has 2 aromatic heterocycles. The van der Waals surface area contributed by atoms with Crippen molar-refractivity contribution in [2.45, 2.75) is 12.5 Å². The number of nitrogens with zero attached hydrogens (tertiary/aromatic N) is 3. The van der Waals surface area contributed by atoms with Crippen LogP contribution in [0.3, 0.4) is 0 Å². The van der Waals surface area contributed by atoms with Crippen molar-refractivity contribution >= 4 is 42.8 Å². The van der Waals surface area contributed by atoms with Gasteiger partial charge in [-0.1, -0.05) is 18.2 Å². The predicted molar refractivity (Wildman–Crippen MR) is 89.0 cm³/mol. The molecule has 3 rings (SSSR count). The van der Waals surface area contributed by atoms with Gasteiger partial charge in [-0.25, -0.2) is 0 Å². The van der Waals surface area contributed by atoms with Crippen molar-refractivity contribution in [2.24, 2.45) is 7.05 Å². The summed E-state index contributed by atoms with van der Waals surface area (Å²) in [6.45, 7) is 0. The minimum atomic E-state index is -0.703. The molecule has 0 radical (unpaired) electrons. The first-order valence-electron chi connectivity index (χ1n) is 6.46. The molecule has 0 bridgehead atoms. The monoisotopic (exact) mass is 409 g/mol. The standard InChI is InChI=1S/C15H13Br2N3O/c1-20-13-5-3-2-4-10(13)12(19-20)7-14(21)15-11(17)6-9(16)8-18-15/h2-6,8,14,21H,7H2,1H3. The molecule has 0 saturated heterocycles.